The molecule has 2 aliphatic rings. The lowest BCUT2D eigenvalue weighted by Crippen LogP contribution is -2.39. The number of ether oxygens (including phenoxy) is 2. The van der Waals surface area contributed by atoms with E-state index in [0.717, 1.165) is 42.8 Å². The molecule has 0 aliphatic carbocycles. The summed E-state index contributed by atoms with van der Waals surface area (Å²) < 4.78 is 13.4. The second kappa shape index (κ2) is 11.3. The average Bonchev–Trinajstić information content (AvgIpc) is 3.37. The second-order valence-electron chi connectivity index (χ2n) is 9.68. The predicted octanol–water partition coefficient (Wildman–Crippen LogP) is 1.94. The van der Waals surface area contributed by atoms with E-state index in [1.54, 1.807) is 10.6 Å². The Hall–Kier alpha value is -3.86. The Morgan fingerprint density at radius 1 is 1.18 bits per heavy atom. The molecule has 0 radical (unpaired) electrons. The normalized spacial score (nSPS) is 18.7. The van der Waals surface area contributed by atoms with Gasteiger partial charge in [-0.25, -0.2) is 0 Å². The molecule has 5 rings (SSSR count). The lowest BCUT2D eigenvalue weighted by molar-refractivity contribution is -0.123. The Balaban J connectivity index is 1.62. The number of piperidine rings is 1. The van der Waals surface area contributed by atoms with Crippen molar-refractivity contribution in [3.63, 3.8) is 0 Å². The monoisotopic (exact) mass is 521 g/mol. The minimum Gasteiger partial charge on any atom is -0.483 e. The summed E-state index contributed by atoms with van der Waals surface area (Å²) >= 11 is 0. The van der Waals surface area contributed by atoms with Gasteiger partial charge in [0.15, 0.2) is 12.3 Å². The molecule has 2 aliphatic heterocycles. The number of nitrogens with zero attached hydrogens (tertiary/aromatic N) is 5. The molecule has 0 saturated carbocycles. The first-order valence-electron chi connectivity index (χ1n) is 13.3. The van der Waals surface area contributed by atoms with Crippen LogP contribution in [0.2, 0.25) is 0 Å². The minimum absolute atomic E-state index is 0.123. The molecule has 38 heavy (non-hydrogen) atoms. The number of carbonyl (C=O) groups is 2. The zero-order chi connectivity index (χ0) is 26.6. The average molecular weight is 522 g/mol. The van der Waals surface area contributed by atoms with Gasteiger partial charge < -0.3 is 30.3 Å². The third-order valence-corrected chi connectivity index (χ3v) is 7.08. The third-order valence-electron chi connectivity index (χ3n) is 7.08. The SMILES string of the molecule is CCc1ccc2c(c1)C(=O)N1CCCCC1c1cc3nc(OCCN)cc(n3n1)N(C)CCNC(=O)CO2. The van der Waals surface area contributed by atoms with Gasteiger partial charge in [-0.05, 0) is 43.4 Å². The number of benzene rings is 1. The molecule has 3 aromatic rings. The first-order chi connectivity index (χ1) is 18.5. The maximum atomic E-state index is 14.0. The zero-order valence-electron chi connectivity index (χ0n) is 22.0. The fraction of sp³-hybridized carbons (Fsp3) is 0.481. The van der Waals surface area contributed by atoms with Crippen molar-refractivity contribution in [3.8, 4) is 11.6 Å². The van der Waals surface area contributed by atoms with E-state index in [2.05, 4.69) is 10.3 Å². The van der Waals surface area contributed by atoms with Crippen LogP contribution in [0.4, 0.5) is 5.82 Å². The van der Waals surface area contributed by atoms with Crippen molar-refractivity contribution in [2.75, 3.05) is 51.3 Å². The van der Waals surface area contributed by atoms with Crippen LogP contribution in [0.1, 0.15) is 53.8 Å². The predicted molar refractivity (Wildman–Crippen MR) is 143 cm³/mol. The molecule has 2 amide bonds. The maximum Gasteiger partial charge on any atom is 0.258 e. The molecular weight excluding hydrogens is 486 g/mol. The largest absolute Gasteiger partial charge is 0.483 e. The van der Waals surface area contributed by atoms with Gasteiger partial charge in [-0.15, -0.1) is 0 Å². The van der Waals surface area contributed by atoms with E-state index in [1.165, 1.54) is 0 Å². The highest BCUT2D eigenvalue weighted by Gasteiger charge is 2.33. The number of rotatable bonds is 4. The molecule has 1 unspecified atom stereocenters. The summed E-state index contributed by atoms with van der Waals surface area (Å²) in [5, 5.41) is 7.83. The van der Waals surface area contributed by atoms with E-state index in [1.807, 2.05) is 48.0 Å². The van der Waals surface area contributed by atoms with E-state index in [4.69, 9.17) is 20.3 Å². The van der Waals surface area contributed by atoms with Crippen molar-refractivity contribution in [3.05, 3.63) is 47.2 Å². The molecule has 11 nitrogen and oxygen atoms in total. The second-order valence-corrected chi connectivity index (χ2v) is 9.68. The molecule has 202 valence electrons. The Morgan fingerprint density at radius 3 is 2.87 bits per heavy atom. The number of nitrogens with two attached hydrogens (primary N) is 1. The van der Waals surface area contributed by atoms with Gasteiger partial charge in [-0.2, -0.15) is 14.6 Å². The number of amides is 2. The quantitative estimate of drug-likeness (QED) is 0.533. The van der Waals surface area contributed by atoms with E-state index in [0.29, 0.717) is 55.6 Å². The summed E-state index contributed by atoms with van der Waals surface area (Å²) in [5.41, 5.74) is 8.55. The van der Waals surface area contributed by atoms with E-state index in [-0.39, 0.29) is 24.5 Å². The Morgan fingerprint density at radius 2 is 2.05 bits per heavy atom. The summed E-state index contributed by atoms with van der Waals surface area (Å²) in [6.07, 6.45) is 3.48. The number of likely N-dealkylation sites (N-methyl/N-ethyl adjacent to an activating group) is 1. The Bertz CT molecular complexity index is 1320. The number of aromatic nitrogens is 3. The zero-order valence-corrected chi connectivity index (χ0v) is 22.0. The molecule has 4 heterocycles. The number of hydrogen-bond acceptors (Lipinski definition) is 8. The van der Waals surface area contributed by atoms with Gasteiger partial charge in [-0.3, -0.25) is 9.59 Å². The number of hydrogen-bond donors (Lipinski definition) is 2. The van der Waals surface area contributed by atoms with Crippen molar-refractivity contribution in [2.24, 2.45) is 5.73 Å². The minimum atomic E-state index is -0.257. The first kappa shape index (κ1) is 25.8. The first-order valence-corrected chi connectivity index (χ1v) is 13.3. The fourth-order valence-corrected chi connectivity index (χ4v) is 5.02. The Labute approximate surface area is 221 Å². The number of aryl methyl sites for hydroxylation is 1. The van der Waals surface area contributed by atoms with Crippen molar-refractivity contribution < 1.29 is 19.1 Å². The van der Waals surface area contributed by atoms with Gasteiger partial charge in [0.25, 0.3) is 11.8 Å². The standard InChI is InChI=1S/C27H35N7O4/c1-3-18-7-8-22-19(14-18)27(36)33-11-5-4-6-21(33)20-15-23-30-25(37-13-9-28)16-26(34(23)31-20)32(2)12-10-29-24(35)17-38-22/h7-8,14-16,21H,3-6,9-13,17,28H2,1-2H3,(H,29,35). The van der Waals surface area contributed by atoms with Crippen LogP contribution in [0.5, 0.6) is 11.6 Å². The van der Waals surface area contributed by atoms with E-state index >= 15 is 0 Å². The number of anilines is 1. The van der Waals surface area contributed by atoms with E-state index < -0.39 is 0 Å². The molecule has 1 saturated heterocycles. The van der Waals surface area contributed by atoms with Gasteiger partial charge in [0, 0.05) is 45.4 Å². The molecule has 1 atom stereocenters. The lowest BCUT2D eigenvalue weighted by Gasteiger charge is -2.35. The van der Waals surface area contributed by atoms with Crippen LogP contribution in [0.15, 0.2) is 30.3 Å². The van der Waals surface area contributed by atoms with Crippen LogP contribution in [-0.4, -0.2) is 77.8 Å². The molecule has 11 heteroatoms. The van der Waals surface area contributed by atoms with Gasteiger partial charge in [0.1, 0.15) is 18.2 Å². The van der Waals surface area contributed by atoms with Crippen LogP contribution in [0.25, 0.3) is 5.65 Å². The molecule has 1 aromatic carbocycles. The van der Waals surface area contributed by atoms with Gasteiger partial charge in [0.05, 0.1) is 17.3 Å². The van der Waals surface area contributed by atoms with Crippen molar-refractivity contribution in [1.29, 1.82) is 0 Å². The van der Waals surface area contributed by atoms with Crippen LogP contribution >= 0.6 is 0 Å². The number of fused-ring (bicyclic) bond motifs is 4. The van der Waals surface area contributed by atoms with Crippen molar-refractivity contribution in [2.45, 2.75) is 38.6 Å². The van der Waals surface area contributed by atoms with E-state index in [9.17, 15) is 9.59 Å². The molecular formula is C27H35N7O4. The van der Waals surface area contributed by atoms with Crippen molar-refractivity contribution in [1.82, 2.24) is 24.8 Å². The van der Waals surface area contributed by atoms with Crippen LogP contribution < -0.4 is 25.4 Å². The highest BCUT2D eigenvalue weighted by Crippen LogP contribution is 2.35. The summed E-state index contributed by atoms with van der Waals surface area (Å²) in [6, 6.07) is 9.15. The highest BCUT2D eigenvalue weighted by molar-refractivity contribution is 5.97. The lowest BCUT2D eigenvalue weighted by atomic mass is 9.97. The summed E-state index contributed by atoms with van der Waals surface area (Å²) in [6.45, 7) is 4.12. The maximum absolute atomic E-state index is 14.0. The summed E-state index contributed by atoms with van der Waals surface area (Å²) in [4.78, 5) is 35.1. The molecule has 2 bridgehead atoms. The molecule has 0 spiro atoms. The fourth-order valence-electron chi connectivity index (χ4n) is 5.02. The number of nitrogens with one attached hydrogen (secondary N) is 1. The van der Waals surface area contributed by atoms with Crippen LogP contribution in [0, 0.1) is 0 Å². The molecule has 1 fully saturated rings. The third kappa shape index (κ3) is 5.24. The van der Waals surface area contributed by atoms with Crippen LogP contribution in [0.3, 0.4) is 0 Å². The smallest absolute Gasteiger partial charge is 0.258 e. The Kier molecular flexibility index (Phi) is 7.64. The number of carbonyl (C=O) groups excluding carboxylic acids is 2. The molecule has 3 N–H and O–H groups in total. The van der Waals surface area contributed by atoms with Gasteiger partial charge in [0.2, 0.25) is 5.88 Å². The highest BCUT2D eigenvalue weighted by atomic mass is 16.5. The topological polar surface area (TPSA) is 127 Å². The van der Waals surface area contributed by atoms with Gasteiger partial charge >= 0.3 is 0 Å². The molecule has 2 aromatic heterocycles. The summed E-state index contributed by atoms with van der Waals surface area (Å²) in [7, 11) is 1.92. The summed E-state index contributed by atoms with van der Waals surface area (Å²) in [5.74, 6) is 1.24. The van der Waals surface area contributed by atoms with Crippen LogP contribution in [-0.2, 0) is 11.2 Å². The van der Waals surface area contributed by atoms with Crippen molar-refractivity contribution >= 4 is 23.3 Å². The van der Waals surface area contributed by atoms with Gasteiger partial charge in [-0.1, -0.05) is 13.0 Å².